The van der Waals surface area contributed by atoms with Gasteiger partial charge in [0.15, 0.2) is 0 Å². The molecule has 0 aliphatic carbocycles. The summed E-state index contributed by atoms with van der Waals surface area (Å²) in [7, 11) is 0. The van der Waals surface area contributed by atoms with Crippen molar-refractivity contribution in [2.24, 2.45) is 0 Å². The number of nitrogens with zero attached hydrogens (tertiary/aromatic N) is 2. The number of benzene rings is 1. The van der Waals surface area contributed by atoms with Gasteiger partial charge >= 0.3 is 0 Å². The van der Waals surface area contributed by atoms with Crippen LogP contribution in [0.2, 0.25) is 0 Å². The van der Waals surface area contributed by atoms with Crippen molar-refractivity contribution >= 4 is 0 Å². The van der Waals surface area contributed by atoms with Crippen molar-refractivity contribution in [2.75, 3.05) is 13.1 Å². The van der Waals surface area contributed by atoms with Crippen LogP contribution in [-0.4, -0.2) is 24.2 Å². The molecule has 2 nitrogen and oxygen atoms in total. The Bertz CT molecular complexity index is 364. The molecule has 14 heavy (non-hydrogen) atoms. The Morgan fingerprint density at radius 3 is 2.93 bits per heavy atom. The van der Waals surface area contributed by atoms with E-state index in [4.69, 9.17) is 5.26 Å². The Morgan fingerprint density at radius 1 is 1.50 bits per heavy atom. The molecule has 0 N–H and O–H groups in total. The van der Waals surface area contributed by atoms with Crippen molar-refractivity contribution in [3.8, 4) is 6.07 Å². The van der Waals surface area contributed by atoms with E-state index >= 15 is 0 Å². The minimum Gasteiger partial charge on any atom is -0.293 e. The monoisotopic (exact) mass is 190 g/mol. The predicted octanol–water partition coefficient (Wildman–Crippen LogP) is 1.71. The van der Waals surface area contributed by atoms with E-state index in [-0.39, 0.29) is 0 Å². The molecule has 1 saturated heterocycles. The highest BCUT2D eigenvalue weighted by Crippen LogP contribution is 2.15. The molecule has 1 aliphatic rings. The van der Waals surface area contributed by atoms with Crippen LogP contribution in [0.15, 0.2) is 24.3 Å². The fourth-order valence-corrected chi connectivity index (χ4v) is 1.63. The predicted molar refractivity (Wildman–Crippen MR) is 51.3 cm³/mol. The number of halogens is 1. The molecule has 1 aromatic rings. The highest BCUT2D eigenvalue weighted by Gasteiger charge is 2.25. The van der Waals surface area contributed by atoms with Crippen LogP contribution in [0.1, 0.15) is 11.1 Å². The van der Waals surface area contributed by atoms with E-state index in [2.05, 4.69) is 6.07 Å². The second kappa shape index (κ2) is 3.77. The molecular weight excluding hydrogens is 179 g/mol. The maximum absolute atomic E-state index is 12.5. The first-order valence-electron chi connectivity index (χ1n) is 4.63. The van der Waals surface area contributed by atoms with Gasteiger partial charge in [-0.3, -0.25) is 4.90 Å². The molecule has 1 aliphatic heterocycles. The number of likely N-dealkylation sites (tertiary alicyclic amines) is 1. The minimum absolute atomic E-state index is 0.525. The summed E-state index contributed by atoms with van der Waals surface area (Å²) in [5.41, 5.74) is 1.75. The van der Waals surface area contributed by atoms with Gasteiger partial charge in [-0.15, -0.1) is 0 Å². The molecule has 0 aromatic heterocycles. The van der Waals surface area contributed by atoms with Gasteiger partial charge in [-0.1, -0.05) is 12.1 Å². The van der Waals surface area contributed by atoms with Crippen LogP contribution in [0, 0.1) is 11.3 Å². The highest BCUT2D eigenvalue weighted by atomic mass is 19.1. The van der Waals surface area contributed by atoms with Crippen molar-refractivity contribution in [1.29, 1.82) is 5.26 Å². The molecule has 1 heterocycles. The molecule has 0 radical (unpaired) electrons. The van der Waals surface area contributed by atoms with Gasteiger partial charge in [0.2, 0.25) is 0 Å². The first-order chi connectivity index (χ1) is 6.78. The molecular formula is C11H11FN2. The van der Waals surface area contributed by atoms with Gasteiger partial charge in [-0.25, -0.2) is 4.39 Å². The Balaban J connectivity index is 2.00. The molecule has 1 fully saturated rings. The lowest BCUT2D eigenvalue weighted by Gasteiger charge is -2.34. The smallest absolute Gasteiger partial charge is 0.125 e. The fraction of sp³-hybridized carbons (Fsp3) is 0.364. The summed E-state index contributed by atoms with van der Waals surface area (Å²) in [6.45, 7) is 1.80. The topological polar surface area (TPSA) is 27.0 Å². The molecule has 1 aromatic carbocycles. The standard InChI is InChI=1S/C11H11FN2/c12-11-7-14(8-11)6-10-3-1-2-9(4-10)5-13/h1-4,11H,6-8H2. The molecule has 0 amide bonds. The summed E-state index contributed by atoms with van der Waals surface area (Å²) in [6.07, 6.45) is -0.658. The molecule has 0 unspecified atom stereocenters. The molecule has 72 valence electrons. The van der Waals surface area contributed by atoms with Crippen LogP contribution < -0.4 is 0 Å². The maximum atomic E-state index is 12.5. The third kappa shape index (κ3) is 1.91. The summed E-state index contributed by atoms with van der Waals surface area (Å²) in [4.78, 5) is 2.03. The van der Waals surface area contributed by atoms with Crippen LogP contribution in [-0.2, 0) is 6.54 Å². The normalized spacial score (nSPS) is 17.4. The Kier molecular flexibility index (Phi) is 2.47. The summed E-state index contributed by atoms with van der Waals surface area (Å²) < 4.78 is 12.5. The number of nitriles is 1. The second-order valence-electron chi connectivity index (χ2n) is 3.60. The summed E-state index contributed by atoms with van der Waals surface area (Å²) >= 11 is 0. The molecule has 0 bridgehead atoms. The first kappa shape index (κ1) is 9.17. The van der Waals surface area contributed by atoms with Crippen LogP contribution in [0.3, 0.4) is 0 Å². The van der Waals surface area contributed by atoms with E-state index in [9.17, 15) is 4.39 Å². The third-order valence-electron chi connectivity index (χ3n) is 2.37. The Morgan fingerprint density at radius 2 is 2.29 bits per heavy atom. The molecule has 2 rings (SSSR count). The SMILES string of the molecule is N#Cc1cccc(CN2CC(F)C2)c1. The van der Waals surface area contributed by atoms with Gasteiger partial charge in [0.25, 0.3) is 0 Å². The van der Waals surface area contributed by atoms with Crippen molar-refractivity contribution in [1.82, 2.24) is 4.90 Å². The van der Waals surface area contributed by atoms with Crippen molar-refractivity contribution < 1.29 is 4.39 Å². The van der Waals surface area contributed by atoms with Gasteiger partial charge in [0.1, 0.15) is 6.17 Å². The molecule has 0 atom stereocenters. The van der Waals surface area contributed by atoms with E-state index in [0.29, 0.717) is 18.7 Å². The van der Waals surface area contributed by atoms with Gasteiger partial charge in [0.05, 0.1) is 11.6 Å². The van der Waals surface area contributed by atoms with Gasteiger partial charge < -0.3 is 0 Å². The van der Waals surface area contributed by atoms with Crippen LogP contribution in [0.5, 0.6) is 0 Å². The lowest BCUT2D eigenvalue weighted by atomic mass is 10.1. The number of hydrogen-bond donors (Lipinski definition) is 0. The van der Waals surface area contributed by atoms with E-state index in [0.717, 1.165) is 12.1 Å². The fourth-order valence-electron chi connectivity index (χ4n) is 1.63. The molecule has 0 saturated carbocycles. The van der Waals surface area contributed by atoms with Crippen molar-refractivity contribution in [2.45, 2.75) is 12.7 Å². The molecule has 3 heteroatoms. The third-order valence-corrected chi connectivity index (χ3v) is 2.37. The summed E-state index contributed by atoms with van der Waals surface area (Å²) in [6, 6.07) is 9.55. The zero-order chi connectivity index (χ0) is 9.97. The van der Waals surface area contributed by atoms with Crippen molar-refractivity contribution in [3.05, 3.63) is 35.4 Å². The average molecular weight is 190 g/mol. The second-order valence-corrected chi connectivity index (χ2v) is 3.60. The Labute approximate surface area is 82.6 Å². The van der Waals surface area contributed by atoms with E-state index < -0.39 is 6.17 Å². The summed E-state index contributed by atoms with van der Waals surface area (Å²) in [5, 5.41) is 8.69. The van der Waals surface area contributed by atoms with Gasteiger partial charge in [0, 0.05) is 19.6 Å². The van der Waals surface area contributed by atoms with Crippen LogP contribution in [0.4, 0.5) is 4.39 Å². The zero-order valence-electron chi connectivity index (χ0n) is 7.78. The quantitative estimate of drug-likeness (QED) is 0.709. The Hall–Kier alpha value is -1.40. The lowest BCUT2D eigenvalue weighted by molar-refractivity contribution is 0.0591. The van der Waals surface area contributed by atoms with Gasteiger partial charge in [-0.05, 0) is 17.7 Å². The minimum atomic E-state index is -0.658. The van der Waals surface area contributed by atoms with E-state index in [1.54, 1.807) is 6.07 Å². The average Bonchev–Trinajstić information content (AvgIpc) is 2.16. The number of hydrogen-bond acceptors (Lipinski definition) is 2. The van der Waals surface area contributed by atoms with Gasteiger partial charge in [-0.2, -0.15) is 5.26 Å². The molecule has 0 spiro atoms. The number of alkyl halides is 1. The van der Waals surface area contributed by atoms with Crippen LogP contribution >= 0.6 is 0 Å². The van der Waals surface area contributed by atoms with E-state index in [1.165, 1.54) is 0 Å². The summed E-state index contributed by atoms with van der Waals surface area (Å²) in [5.74, 6) is 0. The highest BCUT2D eigenvalue weighted by molar-refractivity contribution is 5.32. The zero-order valence-corrected chi connectivity index (χ0v) is 7.78. The van der Waals surface area contributed by atoms with E-state index in [1.807, 2.05) is 23.1 Å². The van der Waals surface area contributed by atoms with Crippen molar-refractivity contribution in [3.63, 3.8) is 0 Å². The van der Waals surface area contributed by atoms with Crippen LogP contribution in [0.25, 0.3) is 0 Å². The maximum Gasteiger partial charge on any atom is 0.125 e. The largest absolute Gasteiger partial charge is 0.293 e. The first-order valence-corrected chi connectivity index (χ1v) is 4.63. The number of rotatable bonds is 2. The lowest BCUT2D eigenvalue weighted by Crippen LogP contribution is -2.47.